The van der Waals surface area contributed by atoms with E-state index in [0.717, 1.165) is 29.4 Å². The number of aryl methyl sites for hydroxylation is 1. The number of imidazole rings is 1. The van der Waals surface area contributed by atoms with Gasteiger partial charge in [-0.3, -0.25) is 10.1 Å². The second kappa shape index (κ2) is 6.82. The number of amides is 1. The van der Waals surface area contributed by atoms with Crippen LogP contribution in [0.2, 0.25) is 0 Å². The van der Waals surface area contributed by atoms with Crippen LogP contribution in [0.5, 0.6) is 0 Å². The van der Waals surface area contributed by atoms with Gasteiger partial charge in [0.05, 0.1) is 23.1 Å². The number of benzene rings is 2. The van der Waals surface area contributed by atoms with Crippen LogP contribution in [-0.2, 0) is 10.4 Å². The van der Waals surface area contributed by atoms with Gasteiger partial charge in [0.25, 0.3) is 0 Å². The van der Waals surface area contributed by atoms with Gasteiger partial charge in [-0.15, -0.1) is 0 Å². The van der Waals surface area contributed by atoms with Gasteiger partial charge in [-0.1, -0.05) is 36.4 Å². The Hall–Kier alpha value is -2.66. The van der Waals surface area contributed by atoms with E-state index in [1.165, 1.54) is 12.0 Å². The number of hydrogen-bond acceptors (Lipinski definition) is 3. The van der Waals surface area contributed by atoms with Gasteiger partial charge in [0.1, 0.15) is 0 Å². The van der Waals surface area contributed by atoms with Gasteiger partial charge < -0.3 is 9.67 Å². The molecule has 0 bridgehead atoms. The first kappa shape index (κ1) is 17.7. The van der Waals surface area contributed by atoms with E-state index in [-0.39, 0.29) is 12.3 Å². The molecule has 0 spiro atoms. The molecule has 5 heteroatoms. The highest BCUT2D eigenvalue weighted by Crippen LogP contribution is 2.37. The molecule has 1 saturated carbocycles. The van der Waals surface area contributed by atoms with E-state index < -0.39 is 5.60 Å². The van der Waals surface area contributed by atoms with Crippen molar-refractivity contribution in [1.82, 2.24) is 9.55 Å². The first-order chi connectivity index (χ1) is 12.9. The topological polar surface area (TPSA) is 67.2 Å². The van der Waals surface area contributed by atoms with Crippen LogP contribution in [0, 0.1) is 6.92 Å². The molecular weight excluding hydrogens is 338 g/mol. The summed E-state index contributed by atoms with van der Waals surface area (Å²) in [6.45, 7) is 3.73. The molecule has 140 valence electrons. The minimum Gasteiger partial charge on any atom is -0.385 e. The average Bonchev–Trinajstić information content (AvgIpc) is 2.91. The minimum atomic E-state index is -1.23. The molecule has 1 aliphatic carbocycles. The predicted molar refractivity (Wildman–Crippen MR) is 107 cm³/mol. The van der Waals surface area contributed by atoms with Crippen molar-refractivity contribution in [2.45, 2.75) is 51.2 Å². The molecular formula is C22H25N3O2. The second-order valence-electron chi connectivity index (χ2n) is 7.75. The molecule has 1 aromatic heterocycles. The number of anilines is 1. The van der Waals surface area contributed by atoms with E-state index in [9.17, 15) is 9.90 Å². The Labute approximate surface area is 159 Å². The van der Waals surface area contributed by atoms with Crippen molar-refractivity contribution in [1.29, 1.82) is 0 Å². The summed E-state index contributed by atoms with van der Waals surface area (Å²) in [7, 11) is 0. The van der Waals surface area contributed by atoms with Gasteiger partial charge in [-0.2, -0.15) is 0 Å². The van der Waals surface area contributed by atoms with Crippen LogP contribution >= 0.6 is 0 Å². The molecule has 1 amide bonds. The van der Waals surface area contributed by atoms with Gasteiger partial charge in [0.15, 0.2) is 0 Å². The number of nitrogens with zero attached hydrogens (tertiary/aromatic N) is 2. The van der Waals surface area contributed by atoms with Gasteiger partial charge >= 0.3 is 0 Å². The number of aromatic nitrogens is 2. The summed E-state index contributed by atoms with van der Waals surface area (Å²) in [5.41, 5.74) is 2.62. The third kappa shape index (κ3) is 3.47. The SMILES string of the molecule is Cc1ccc2nc(NC(=O)C[C@](C)(O)c3ccccc3)n(C3CCC3)c2c1. The van der Waals surface area contributed by atoms with Crippen LogP contribution in [0.3, 0.4) is 0 Å². The highest BCUT2D eigenvalue weighted by Gasteiger charge is 2.29. The lowest BCUT2D eigenvalue weighted by Gasteiger charge is -2.29. The van der Waals surface area contributed by atoms with Gasteiger partial charge in [0, 0.05) is 6.04 Å². The smallest absolute Gasteiger partial charge is 0.229 e. The van der Waals surface area contributed by atoms with Crippen molar-refractivity contribution >= 4 is 22.9 Å². The van der Waals surface area contributed by atoms with Crippen molar-refractivity contribution in [3.63, 3.8) is 0 Å². The molecule has 3 aromatic rings. The van der Waals surface area contributed by atoms with Crippen LogP contribution in [0.1, 0.15) is 49.8 Å². The molecule has 2 aromatic carbocycles. The molecule has 1 fully saturated rings. The summed E-state index contributed by atoms with van der Waals surface area (Å²) in [5.74, 6) is 0.339. The molecule has 2 N–H and O–H groups in total. The number of carbonyl (C=O) groups is 1. The Morgan fingerprint density at radius 2 is 2.00 bits per heavy atom. The Kier molecular flexibility index (Phi) is 4.48. The van der Waals surface area contributed by atoms with Crippen molar-refractivity contribution < 1.29 is 9.90 Å². The summed E-state index contributed by atoms with van der Waals surface area (Å²) in [4.78, 5) is 17.4. The summed E-state index contributed by atoms with van der Waals surface area (Å²) in [5, 5.41) is 13.7. The zero-order valence-electron chi connectivity index (χ0n) is 15.8. The lowest BCUT2D eigenvalue weighted by molar-refractivity contribution is -0.120. The summed E-state index contributed by atoms with van der Waals surface area (Å²) < 4.78 is 2.15. The fourth-order valence-electron chi connectivity index (χ4n) is 3.69. The maximum absolute atomic E-state index is 12.7. The number of hydrogen-bond donors (Lipinski definition) is 2. The third-order valence-electron chi connectivity index (χ3n) is 5.44. The Morgan fingerprint density at radius 1 is 1.26 bits per heavy atom. The molecule has 1 atom stereocenters. The van der Waals surface area contributed by atoms with E-state index in [0.29, 0.717) is 12.0 Å². The van der Waals surface area contributed by atoms with Crippen LogP contribution in [0.15, 0.2) is 48.5 Å². The lowest BCUT2D eigenvalue weighted by atomic mass is 9.92. The molecule has 1 aliphatic rings. The Morgan fingerprint density at radius 3 is 2.67 bits per heavy atom. The van der Waals surface area contributed by atoms with E-state index in [4.69, 9.17) is 0 Å². The monoisotopic (exact) mass is 363 g/mol. The molecule has 27 heavy (non-hydrogen) atoms. The van der Waals surface area contributed by atoms with Crippen LogP contribution in [0.4, 0.5) is 5.95 Å². The average molecular weight is 363 g/mol. The van der Waals surface area contributed by atoms with Gasteiger partial charge in [-0.25, -0.2) is 4.98 Å². The lowest BCUT2D eigenvalue weighted by Crippen LogP contribution is -2.30. The van der Waals surface area contributed by atoms with E-state index in [1.54, 1.807) is 6.92 Å². The molecule has 4 rings (SSSR count). The quantitative estimate of drug-likeness (QED) is 0.710. The maximum atomic E-state index is 12.7. The Bertz CT molecular complexity index is 972. The van der Waals surface area contributed by atoms with Crippen molar-refractivity contribution in [3.05, 3.63) is 59.7 Å². The highest BCUT2D eigenvalue weighted by molar-refractivity contribution is 5.92. The molecule has 0 saturated heterocycles. The highest BCUT2D eigenvalue weighted by atomic mass is 16.3. The normalized spacial score (nSPS) is 16.7. The van der Waals surface area contributed by atoms with Crippen LogP contribution in [-0.4, -0.2) is 20.6 Å². The van der Waals surface area contributed by atoms with E-state index in [1.807, 2.05) is 42.5 Å². The molecule has 0 radical (unpaired) electrons. The zero-order chi connectivity index (χ0) is 19.0. The first-order valence-electron chi connectivity index (χ1n) is 9.50. The van der Waals surface area contributed by atoms with Gasteiger partial charge in [0.2, 0.25) is 11.9 Å². The fourth-order valence-corrected chi connectivity index (χ4v) is 3.69. The van der Waals surface area contributed by atoms with E-state index >= 15 is 0 Å². The second-order valence-corrected chi connectivity index (χ2v) is 7.75. The molecule has 0 unspecified atom stereocenters. The summed E-state index contributed by atoms with van der Waals surface area (Å²) >= 11 is 0. The standard InChI is InChI=1S/C22H25N3O2/c1-15-11-12-18-19(13-15)25(17-9-6-10-17)21(23-18)24-20(26)14-22(2,27)16-7-4-3-5-8-16/h3-5,7-8,11-13,17,27H,6,9-10,14H2,1-2H3,(H,23,24,26)/t22-/m0/s1. The predicted octanol–water partition coefficient (Wildman–Crippen LogP) is 4.31. The number of carbonyl (C=O) groups excluding carboxylic acids is 1. The molecule has 5 nitrogen and oxygen atoms in total. The van der Waals surface area contributed by atoms with Crippen LogP contribution in [0.25, 0.3) is 11.0 Å². The summed E-state index contributed by atoms with van der Waals surface area (Å²) in [6, 6.07) is 15.8. The van der Waals surface area contributed by atoms with Crippen LogP contribution < -0.4 is 5.32 Å². The summed E-state index contributed by atoms with van der Waals surface area (Å²) in [6.07, 6.45) is 3.38. The number of fused-ring (bicyclic) bond motifs is 1. The molecule has 0 aliphatic heterocycles. The van der Waals surface area contributed by atoms with Crippen molar-refractivity contribution in [2.75, 3.05) is 5.32 Å². The number of aliphatic hydroxyl groups is 1. The third-order valence-corrected chi connectivity index (χ3v) is 5.44. The van der Waals surface area contributed by atoms with E-state index in [2.05, 4.69) is 27.9 Å². The maximum Gasteiger partial charge on any atom is 0.229 e. The largest absolute Gasteiger partial charge is 0.385 e. The van der Waals surface area contributed by atoms with Crippen molar-refractivity contribution in [3.8, 4) is 0 Å². The number of rotatable bonds is 5. The minimum absolute atomic E-state index is 0.0239. The Balaban J connectivity index is 1.60. The zero-order valence-corrected chi connectivity index (χ0v) is 15.8. The first-order valence-corrected chi connectivity index (χ1v) is 9.50. The fraction of sp³-hybridized carbons (Fsp3) is 0.364. The molecule has 1 heterocycles. The number of nitrogens with one attached hydrogen (secondary N) is 1. The van der Waals surface area contributed by atoms with Gasteiger partial charge in [-0.05, 0) is 56.4 Å². The van der Waals surface area contributed by atoms with Crippen molar-refractivity contribution in [2.24, 2.45) is 0 Å².